The van der Waals surface area contributed by atoms with Crippen LogP contribution in [0.2, 0.25) is 0 Å². The SMILES string of the molecule is CCc1ccc2[nH]c3nc(SCC(=O)NC[C@@H]4CCCO4)nnc3c2c1. The molecule has 0 radical (unpaired) electrons. The highest BCUT2D eigenvalue weighted by molar-refractivity contribution is 7.99. The number of benzene rings is 1. The zero-order valence-corrected chi connectivity index (χ0v) is 15.4. The molecule has 26 heavy (non-hydrogen) atoms. The number of amides is 1. The Morgan fingerprint density at radius 1 is 1.42 bits per heavy atom. The van der Waals surface area contributed by atoms with E-state index in [-0.39, 0.29) is 17.8 Å². The summed E-state index contributed by atoms with van der Waals surface area (Å²) in [4.78, 5) is 19.8. The molecular formula is C18H21N5O2S. The topological polar surface area (TPSA) is 92.8 Å². The molecule has 0 spiro atoms. The first-order valence-electron chi connectivity index (χ1n) is 8.89. The van der Waals surface area contributed by atoms with E-state index in [1.54, 1.807) is 0 Å². The van der Waals surface area contributed by atoms with Gasteiger partial charge in [-0.2, -0.15) is 0 Å². The molecule has 1 aliphatic heterocycles. The molecule has 2 N–H and O–H groups in total. The number of carbonyl (C=O) groups is 1. The van der Waals surface area contributed by atoms with E-state index in [2.05, 4.69) is 44.5 Å². The molecule has 1 fully saturated rings. The van der Waals surface area contributed by atoms with Crippen LogP contribution < -0.4 is 5.32 Å². The van der Waals surface area contributed by atoms with Crippen molar-refractivity contribution in [2.24, 2.45) is 0 Å². The van der Waals surface area contributed by atoms with Gasteiger partial charge in [-0.25, -0.2) is 4.98 Å². The molecule has 3 aromatic rings. The van der Waals surface area contributed by atoms with Gasteiger partial charge in [0.15, 0.2) is 5.65 Å². The van der Waals surface area contributed by atoms with E-state index in [0.29, 0.717) is 17.3 Å². The van der Waals surface area contributed by atoms with Gasteiger partial charge in [-0.3, -0.25) is 4.79 Å². The van der Waals surface area contributed by atoms with Gasteiger partial charge in [0, 0.05) is 24.1 Å². The first-order valence-corrected chi connectivity index (χ1v) is 9.87. The largest absolute Gasteiger partial charge is 0.376 e. The monoisotopic (exact) mass is 371 g/mol. The third-order valence-electron chi connectivity index (χ3n) is 4.55. The lowest BCUT2D eigenvalue weighted by atomic mass is 10.1. The average molecular weight is 371 g/mol. The summed E-state index contributed by atoms with van der Waals surface area (Å²) in [6.07, 6.45) is 3.20. The number of carbonyl (C=O) groups excluding carboxylic acids is 1. The standard InChI is InChI=1S/C18H21N5O2S/c1-2-11-5-6-14-13(8-11)16-17(20-14)21-18(23-22-16)26-10-15(24)19-9-12-4-3-7-25-12/h5-6,8,12H,2-4,7,9-10H2,1H3,(H,19,24)(H,20,21,23)/t12-/m0/s1. The van der Waals surface area contributed by atoms with Crippen molar-refractivity contribution < 1.29 is 9.53 Å². The lowest BCUT2D eigenvalue weighted by Gasteiger charge is -2.10. The molecule has 1 aliphatic rings. The summed E-state index contributed by atoms with van der Waals surface area (Å²) in [7, 11) is 0. The summed E-state index contributed by atoms with van der Waals surface area (Å²) in [5.41, 5.74) is 3.71. The van der Waals surface area contributed by atoms with Crippen LogP contribution in [-0.4, -0.2) is 51.1 Å². The summed E-state index contributed by atoms with van der Waals surface area (Å²) in [6.45, 7) is 3.48. The van der Waals surface area contributed by atoms with Crippen molar-refractivity contribution in [1.29, 1.82) is 0 Å². The maximum atomic E-state index is 12.0. The van der Waals surface area contributed by atoms with E-state index in [1.807, 2.05) is 6.07 Å². The number of thioether (sulfide) groups is 1. The molecule has 4 rings (SSSR count). The number of rotatable bonds is 6. The van der Waals surface area contributed by atoms with Gasteiger partial charge in [-0.05, 0) is 37.0 Å². The lowest BCUT2D eigenvalue weighted by molar-refractivity contribution is -0.119. The van der Waals surface area contributed by atoms with Crippen molar-refractivity contribution in [3.63, 3.8) is 0 Å². The van der Waals surface area contributed by atoms with E-state index in [1.165, 1.54) is 17.3 Å². The zero-order valence-electron chi connectivity index (χ0n) is 14.6. The van der Waals surface area contributed by atoms with Crippen LogP contribution in [0.5, 0.6) is 0 Å². The number of aryl methyl sites for hydroxylation is 1. The first-order chi connectivity index (χ1) is 12.7. The van der Waals surface area contributed by atoms with Crippen LogP contribution in [0.3, 0.4) is 0 Å². The van der Waals surface area contributed by atoms with Gasteiger partial charge in [-0.1, -0.05) is 24.8 Å². The van der Waals surface area contributed by atoms with E-state index in [9.17, 15) is 4.79 Å². The molecule has 0 unspecified atom stereocenters. The summed E-state index contributed by atoms with van der Waals surface area (Å²) in [5.74, 6) is 0.221. The highest BCUT2D eigenvalue weighted by Crippen LogP contribution is 2.24. The molecule has 0 saturated carbocycles. The fourth-order valence-corrected chi connectivity index (χ4v) is 3.72. The quantitative estimate of drug-likeness (QED) is 0.647. The highest BCUT2D eigenvalue weighted by Gasteiger charge is 2.16. The maximum Gasteiger partial charge on any atom is 0.230 e. The van der Waals surface area contributed by atoms with E-state index in [0.717, 1.165) is 42.3 Å². The molecule has 1 amide bonds. The molecule has 0 aliphatic carbocycles. The van der Waals surface area contributed by atoms with Gasteiger partial charge < -0.3 is 15.0 Å². The first kappa shape index (κ1) is 17.2. The second-order valence-corrected chi connectivity index (χ2v) is 7.32. The van der Waals surface area contributed by atoms with Gasteiger partial charge in [-0.15, -0.1) is 10.2 Å². The Kier molecular flexibility index (Phi) is 5.03. The van der Waals surface area contributed by atoms with Gasteiger partial charge in [0.1, 0.15) is 5.52 Å². The Balaban J connectivity index is 1.42. The summed E-state index contributed by atoms with van der Waals surface area (Å²) in [5, 5.41) is 12.9. The lowest BCUT2D eigenvalue weighted by Crippen LogP contribution is -2.32. The molecule has 136 valence electrons. The maximum absolute atomic E-state index is 12.0. The number of ether oxygens (including phenoxy) is 1. The van der Waals surface area contributed by atoms with Crippen molar-refractivity contribution in [3.05, 3.63) is 23.8 Å². The normalized spacial score (nSPS) is 17.2. The Morgan fingerprint density at radius 2 is 2.35 bits per heavy atom. The van der Waals surface area contributed by atoms with Crippen LogP contribution in [0.25, 0.3) is 22.1 Å². The number of aromatic amines is 1. The van der Waals surface area contributed by atoms with Crippen LogP contribution in [0.1, 0.15) is 25.3 Å². The second-order valence-electron chi connectivity index (χ2n) is 6.38. The number of nitrogens with one attached hydrogen (secondary N) is 2. The predicted molar refractivity (Wildman–Crippen MR) is 101 cm³/mol. The Hall–Kier alpha value is -2.19. The minimum Gasteiger partial charge on any atom is -0.376 e. The third-order valence-corrected chi connectivity index (χ3v) is 5.39. The number of fused-ring (bicyclic) bond motifs is 3. The molecule has 1 saturated heterocycles. The molecule has 1 aromatic carbocycles. The molecule has 8 heteroatoms. The van der Waals surface area contributed by atoms with E-state index >= 15 is 0 Å². The van der Waals surface area contributed by atoms with Crippen LogP contribution in [-0.2, 0) is 16.0 Å². The van der Waals surface area contributed by atoms with Crippen molar-refractivity contribution in [3.8, 4) is 0 Å². The summed E-state index contributed by atoms with van der Waals surface area (Å²) >= 11 is 1.29. The molecule has 2 aromatic heterocycles. The van der Waals surface area contributed by atoms with Gasteiger partial charge in [0.25, 0.3) is 0 Å². The smallest absolute Gasteiger partial charge is 0.230 e. The van der Waals surface area contributed by atoms with Crippen molar-refractivity contribution >= 4 is 39.7 Å². The van der Waals surface area contributed by atoms with E-state index in [4.69, 9.17) is 4.74 Å². The highest BCUT2D eigenvalue weighted by atomic mass is 32.2. The van der Waals surface area contributed by atoms with Crippen LogP contribution in [0, 0.1) is 0 Å². The van der Waals surface area contributed by atoms with Crippen LogP contribution >= 0.6 is 11.8 Å². The van der Waals surface area contributed by atoms with Gasteiger partial charge >= 0.3 is 0 Å². The minimum atomic E-state index is -0.0431. The average Bonchev–Trinajstić information content (AvgIpc) is 3.31. The van der Waals surface area contributed by atoms with Crippen molar-refractivity contribution in [2.45, 2.75) is 37.4 Å². The Labute approximate surface area is 155 Å². The number of hydrogen-bond donors (Lipinski definition) is 2. The summed E-state index contributed by atoms with van der Waals surface area (Å²) < 4.78 is 5.50. The summed E-state index contributed by atoms with van der Waals surface area (Å²) in [6, 6.07) is 6.26. The number of nitrogens with zero attached hydrogens (tertiary/aromatic N) is 3. The predicted octanol–water partition coefficient (Wildman–Crippen LogP) is 2.46. The zero-order chi connectivity index (χ0) is 17.9. The number of hydrogen-bond acceptors (Lipinski definition) is 6. The molecule has 3 heterocycles. The fourth-order valence-electron chi connectivity index (χ4n) is 3.10. The van der Waals surface area contributed by atoms with Crippen molar-refractivity contribution in [2.75, 3.05) is 18.9 Å². The van der Waals surface area contributed by atoms with Gasteiger partial charge in [0.2, 0.25) is 11.1 Å². The Bertz CT molecular complexity index is 936. The molecule has 0 bridgehead atoms. The fraction of sp³-hybridized carbons (Fsp3) is 0.444. The van der Waals surface area contributed by atoms with Crippen molar-refractivity contribution in [1.82, 2.24) is 25.5 Å². The minimum absolute atomic E-state index is 0.0431. The Morgan fingerprint density at radius 3 is 3.15 bits per heavy atom. The molecule has 7 nitrogen and oxygen atoms in total. The van der Waals surface area contributed by atoms with Crippen LogP contribution in [0.4, 0.5) is 0 Å². The van der Waals surface area contributed by atoms with Gasteiger partial charge in [0.05, 0.1) is 11.9 Å². The number of H-pyrrole nitrogens is 1. The molecular weight excluding hydrogens is 350 g/mol. The molecule has 1 atom stereocenters. The third kappa shape index (κ3) is 3.66. The second kappa shape index (κ2) is 7.59. The van der Waals surface area contributed by atoms with Crippen LogP contribution in [0.15, 0.2) is 23.4 Å². The number of aromatic nitrogens is 4. The van der Waals surface area contributed by atoms with E-state index < -0.39 is 0 Å².